The zero-order chi connectivity index (χ0) is 19.1. The third kappa shape index (κ3) is 3.48. The molecule has 0 spiro atoms. The zero-order valence-electron chi connectivity index (χ0n) is 14.5. The van der Waals surface area contributed by atoms with Crippen LogP contribution in [0, 0.1) is 6.92 Å². The number of hydrogen-bond acceptors (Lipinski definition) is 5. The number of nitrogens with zero attached hydrogens (tertiary/aromatic N) is 1. The average Bonchev–Trinajstić information content (AvgIpc) is 2.59. The first-order chi connectivity index (χ1) is 12.1. The van der Waals surface area contributed by atoms with E-state index in [1.54, 1.807) is 25.1 Å². The van der Waals surface area contributed by atoms with Crippen molar-refractivity contribution in [1.82, 2.24) is 4.31 Å². The molecule has 1 aliphatic heterocycles. The van der Waals surface area contributed by atoms with Gasteiger partial charge in [0.2, 0.25) is 20.0 Å². The molecule has 3 rings (SSSR count). The Balaban J connectivity index is 1.97. The van der Waals surface area contributed by atoms with Crippen molar-refractivity contribution in [3.63, 3.8) is 0 Å². The standard InChI is InChI=1S/C17H20N2O5S2/c1-12-9-15(24-2)4-6-17(12)26(22,23)19-8-7-13-3-5-16(25(18,20)21)10-14(13)11-19/h3-6,9-10H,7-8,11H2,1-2H3,(H2,18,20,21). The average molecular weight is 396 g/mol. The smallest absolute Gasteiger partial charge is 0.243 e. The van der Waals surface area contributed by atoms with Crippen molar-refractivity contribution in [2.45, 2.75) is 29.7 Å². The van der Waals surface area contributed by atoms with Crippen LogP contribution in [0.3, 0.4) is 0 Å². The Morgan fingerprint density at radius 3 is 2.38 bits per heavy atom. The highest BCUT2D eigenvalue weighted by atomic mass is 32.2. The summed E-state index contributed by atoms with van der Waals surface area (Å²) in [4.78, 5) is 0.195. The molecular weight excluding hydrogens is 376 g/mol. The lowest BCUT2D eigenvalue weighted by Gasteiger charge is -2.29. The molecule has 2 N–H and O–H groups in total. The quantitative estimate of drug-likeness (QED) is 0.841. The van der Waals surface area contributed by atoms with E-state index in [0.717, 1.165) is 5.56 Å². The Morgan fingerprint density at radius 2 is 1.77 bits per heavy atom. The fourth-order valence-corrected chi connectivity index (χ4v) is 5.26. The van der Waals surface area contributed by atoms with Crippen LogP contribution in [0.4, 0.5) is 0 Å². The molecule has 0 saturated heterocycles. The van der Waals surface area contributed by atoms with E-state index < -0.39 is 20.0 Å². The molecular formula is C17H20N2O5S2. The Hall–Kier alpha value is -1.94. The first kappa shape index (κ1) is 18.8. The van der Waals surface area contributed by atoms with Crippen molar-refractivity contribution >= 4 is 20.0 Å². The first-order valence-corrected chi connectivity index (χ1v) is 10.9. The highest BCUT2D eigenvalue weighted by Crippen LogP contribution is 2.29. The van der Waals surface area contributed by atoms with Crippen LogP contribution >= 0.6 is 0 Å². The van der Waals surface area contributed by atoms with Crippen molar-refractivity contribution < 1.29 is 21.6 Å². The van der Waals surface area contributed by atoms with E-state index in [4.69, 9.17) is 9.88 Å². The molecule has 7 nitrogen and oxygen atoms in total. The minimum atomic E-state index is -3.84. The highest BCUT2D eigenvalue weighted by Gasteiger charge is 2.30. The van der Waals surface area contributed by atoms with Crippen LogP contribution in [0.2, 0.25) is 0 Å². The van der Waals surface area contributed by atoms with Gasteiger partial charge in [-0.15, -0.1) is 0 Å². The molecule has 0 atom stereocenters. The molecule has 0 unspecified atom stereocenters. The first-order valence-electron chi connectivity index (χ1n) is 7.92. The van der Waals surface area contributed by atoms with Gasteiger partial charge in [0.05, 0.1) is 16.9 Å². The summed E-state index contributed by atoms with van der Waals surface area (Å²) in [5.41, 5.74) is 2.17. The molecule has 140 valence electrons. The van der Waals surface area contributed by atoms with Crippen LogP contribution in [0.5, 0.6) is 5.75 Å². The van der Waals surface area contributed by atoms with Crippen molar-refractivity contribution in [3.8, 4) is 5.75 Å². The van der Waals surface area contributed by atoms with Crippen molar-refractivity contribution in [1.29, 1.82) is 0 Å². The van der Waals surface area contributed by atoms with Crippen molar-refractivity contribution in [3.05, 3.63) is 53.1 Å². The number of benzene rings is 2. The molecule has 0 fully saturated rings. The minimum Gasteiger partial charge on any atom is -0.497 e. The van der Waals surface area contributed by atoms with Gasteiger partial charge in [0.15, 0.2) is 0 Å². The molecule has 0 saturated carbocycles. The Labute approximate surface area is 153 Å². The van der Waals surface area contributed by atoms with Gasteiger partial charge in [-0.1, -0.05) is 6.07 Å². The molecule has 0 aromatic heterocycles. The summed E-state index contributed by atoms with van der Waals surface area (Å²) >= 11 is 0. The summed E-state index contributed by atoms with van der Waals surface area (Å²) in [5, 5.41) is 5.18. The normalized spacial score (nSPS) is 15.5. The number of fused-ring (bicyclic) bond motifs is 1. The van der Waals surface area contributed by atoms with E-state index in [-0.39, 0.29) is 16.3 Å². The van der Waals surface area contributed by atoms with Gasteiger partial charge in [0.25, 0.3) is 0 Å². The van der Waals surface area contributed by atoms with E-state index in [0.29, 0.717) is 29.8 Å². The predicted molar refractivity (Wildman–Crippen MR) is 96.8 cm³/mol. The largest absolute Gasteiger partial charge is 0.497 e. The van der Waals surface area contributed by atoms with Crippen LogP contribution in [-0.2, 0) is 33.0 Å². The predicted octanol–water partition coefficient (Wildman–Crippen LogP) is 1.40. The van der Waals surface area contributed by atoms with Gasteiger partial charge in [-0.25, -0.2) is 22.0 Å². The Morgan fingerprint density at radius 1 is 1.04 bits per heavy atom. The number of sulfonamides is 2. The molecule has 2 aromatic carbocycles. The van der Waals surface area contributed by atoms with Gasteiger partial charge < -0.3 is 4.74 Å². The third-order valence-corrected chi connectivity index (χ3v) is 7.40. The number of rotatable bonds is 4. The van der Waals surface area contributed by atoms with Gasteiger partial charge in [-0.3, -0.25) is 0 Å². The molecule has 0 bridgehead atoms. The second-order valence-corrected chi connectivity index (χ2v) is 9.66. The van der Waals surface area contributed by atoms with E-state index in [2.05, 4.69) is 0 Å². The molecule has 9 heteroatoms. The molecule has 1 aliphatic rings. The maximum Gasteiger partial charge on any atom is 0.243 e. The molecule has 0 amide bonds. The number of aryl methyl sites for hydroxylation is 1. The van der Waals surface area contributed by atoms with Gasteiger partial charge in [-0.05, 0) is 60.4 Å². The topological polar surface area (TPSA) is 107 Å². The molecule has 26 heavy (non-hydrogen) atoms. The summed E-state index contributed by atoms with van der Waals surface area (Å²) in [6.07, 6.45) is 0.509. The lowest BCUT2D eigenvalue weighted by molar-refractivity contribution is 0.390. The summed E-state index contributed by atoms with van der Waals surface area (Å²) in [7, 11) is -6.03. The molecule has 2 aromatic rings. The van der Waals surface area contributed by atoms with Crippen LogP contribution in [0.25, 0.3) is 0 Å². The van der Waals surface area contributed by atoms with E-state index in [9.17, 15) is 16.8 Å². The van der Waals surface area contributed by atoms with Crippen LogP contribution < -0.4 is 9.88 Å². The van der Waals surface area contributed by atoms with Crippen molar-refractivity contribution in [2.75, 3.05) is 13.7 Å². The SMILES string of the molecule is COc1ccc(S(=O)(=O)N2CCc3ccc(S(N)(=O)=O)cc3C2)c(C)c1. The molecule has 0 radical (unpaired) electrons. The number of ether oxygens (including phenoxy) is 1. The summed E-state index contributed by atoms with van der Waals surface area (Å²) in [6.45, 7) is 2.15. The maximum absolute atomic E-state index is 13.0. The second kappa shape index (κ2) is 6.66. The Bertz CT molecular complexity index is 1060. The van der Waals surface area contributed by atoms with E-state index >= 15 is 0 Å². The van der Waals surface area contributed by atoms with Crippen LogP contribution in [0.1, 0.15) is 16.7 Å². The van der Waals surface area contributed by atoms with Gasteiger partial charge in [0.1, 0.15) is 5.75 Å². The fraction of sp³-hybridized carbons (Fsp3) is 0.294. The van der Waals surface area contributed by atoms with Gasteiger partial charge >= 0.3 is 0 Å². The monoisotopic (exact) mass is 396 g/mol. The summed E-state index contributed by atoms with van der Waals surface area (Å²) in [5.74, 6) is 0.586. The minimum absolute atomic E-state index is 0.0175. The number of nitrogens with two attached hydrogens (primary N) is 1. The van der Waals surface area contributed by atoms with E-state index in [1.807, 2.05) is 0 Å². The van der Waals surface area contributed by atoms with Crippen LogP contribution in [0.15, 0.2) is 46.2 Å². The molecule has 0 aliphatic carbocycles. The van der Waals surface area contributed by atoms with Crippen molar-refractivity contribution in [2.24, 2.45) is 5.14 Å². The van der Waals surface area contributed by atoms with Gasteiger partial charge in [0, 0.05) is 13.1 Å². The number of methoxy groups -OCH3 is 1. The number of primary sulfonamides is 1. The third-order valence-electron chi connectivity index (χ3n) is 4.48. The van der Waals surface area contributed by atoms with Gasteiger partial charge in [-0.2, -0.15) is 4.31 Å². The second-order valence-electron chi connectivity index (χ2n) is 6.20. The molecule has 1 heterocycles. The lowest BCUT2D eigenvalue weighted by atomic mass is 10.0. The van der Waals surface area contributed by atoms with Crippen LogP contribution in [-0.4, -0.2) is 34.8 Å². The fourth-order valence-electron chi connectivity index (χ4n) is 3.07. The maximum atomic E-state index is 13.0. The summed E-state index contributed by atoms with van der Waals surface area (Å²) < 4.78 is 55.7. The number of hydrogen-bond donors (Lipinski definition) is 1. The van der Waals surface area contributed by atoms with E-state index in [1.165, 1.54) is 29.6 Å². The lowest BCUT2D eigenvalue weighted by Crippen LogP contribution is -2.36. The highest BCUT2D eigenvalue weighted by molar-refractivity contribution is 7.89. The summed E-state index contributed by atoms with van der Waals surface area (Å²) in [6, 6.07) is 9.40. The zero-order valence-corrected chi connectivity index (χ0v) is 16.1. The Kier molecular flexibility index (Phi) is 4.82.